The number of anilines is 2. The molecule has 1 aliphatic rings. The van der Waals surface area contributed by atoms with Crippen molar-refractivity contribution in [1.29, 1.82) is 0 Å². The number of amides is 2. The van der Waals surface area contributed by atoms with Crippen LogP contribution in [0, 0.1) is 0 Å². The van der Waals surface area contributed by atoms with Gasteiger partial charge in [-0.2, -0.15) is 0 Å². The van der Waals surface area contributed by atoms with Crippen molar-refractivity contribution in [1.82, 2.24) is 9.13 Å². The van der Waals surface area contributed by atoms with Crippen molar-refractivity contribution in [2.24, 2.45) is 7.05 Å². The Morgan fingerprint density at radius 3 is 2.52 bits per heavy atom. The first-order chi connectivity index (χ1) is 14.8. The Balaban J connectivity index is 1.88. The van der Waals surface area contributed by atoms with Gasteiger partial charge in [0.2, 0.25) is 11.8 Å². The van der Waals surface area contributed by atoms with Gasteiger partial charge in [0.1, 0.15) is 5.82 Å². The third kappa shape index (κ3) is 4.18. The molecule has 2 N–H and O–H groups in total. The lowest BCUT2D eigenvalue weighted by atomic mass is 9.99. The van der Waals surface area contributed by atoms with Crippen LogP contribution in [0.5, 0.6) is 11.5 Å². The summed E-state index contributed by atoms with van der Waals surface area (Å²) in [7, 11) is 4.36. The number of hydrogen-bond acceptors (Lipinski definition) is 6. The molecule has 1 aromatic heterocycles. The number of hydrogen-bond donors (Lipinski definition) is 2. The molecule has 2 aromatic rings. The van der Waals surface area contributed by atoms with Crippen LogP contribution >= 0.6 is 0 Å². The van der Waals surface area contributed by atoms with E-state index < -0.39 is 29.0 Å². The normalized spacial score (nSPS) is 14.7. The highest BCUT2D eigenvalue weighted by atomic mass is 16.5. The molecule has 0 bridgehead atoms. The van der Waals surface area contributed by atoms with Crippen LogP contribution in [0.2, 0.25) is 0 Å². The van der Waals surface area contributed by atoms with Crippen LogP contribution < -0.4 is 31.4 Å². The van der Waals surface area contributed by atoms with E-state index in [1.165, 1.54) is 25.8 Å². The molecule has 1 atom stereocenters. The molecule has 0 aliphatic carbocycles. The zero-order chi connectivity index (χ0) is 22.7. The van der Waals surface area contributed by atoms with Gasteiger partial charge in [0, 0.05) is 31.8 Å². The molecule has 0 saturated carbocycles. The summed E-state index contributed by atoms with van der Waals surface area (Å²) in [5.74, 6) is -0.770. The largest absolute Gasteiger partial charge is 0.493 e. The van der Waals surface area contributed by atoms with Crippen LogP contribution in [0.1, 0.15) is 37.7 Å². The number of fused-ring (bicyclic) bond motifs is 1. The lowest BCUT2D eigenvalue weighted by molar-refractivity contribution is -0.122. The standard InChI is InChI=1S/C21H26N4O6/c1-5-6-9-25-18-17(20(28)24(2)21(25)29)13(19(27)23-18)11-16(26)22-12-7-8-14(30-3)15(10-12)31-4/h7-8,10,13H,5-6,9,11H2,1-4H3,(H,22,26)(H,23,27). The number of rotatable bonds is 8. The maximum atomic E-state index is 12.8. The van der Waals surface area contributed by atoms with E-state index >= 15 is 0 Å². The number of aromatic nitrogens is 2. The Morgan fingerprint density at radius 2 is 1.87 bits per heavy atom. The molecule has 10 heteroatoms. The molecule has 1 unspecified atom stereocenters. The molecule has 1 aliphatic heterocycles. The number of carbonyl (C=O) groups is 2. The second-order valence-electron chi connectivity index (χ2n) is 7.28. The summed E-state index contributed by atoms with van der Waals surface area (Å²) >= 11 is 0. The molecule has 2 amide bonds. The first-order valence-electron chi connectivity index (χ1n) is 9.98. The number of carbonyl (C=O) groups excluding carboxylic acids is 2. The van der Waals surface area contributed by atoms with E-state index in [4.69, 9.17) is 9.47 Å². The summed E-state index contributed by atoms with van der Waals surface area (Å²) < 4.78 is 12.8. The van der Waals surface area contributed by atoms with E-state index in [0.29, 0.717) is 30.2 Å². The van der Waals surface area contributed by atoms with Crippen LogP contribution in [0.15, 0.2) is 27.8 Å². The second-order valence-corrected chi connectivity index (χ2v) is 7.28. The molecule has 0 fully saturated rings. The maximum absolute atomic E-state index is 12.8. The Labute approximate surface area is 178 Å². The molecule has 1 aromatic carbocycles. The third-order valence-electron chi connectivity index (χ3n) is 5.28. The number of unbranched alkanes of at least 4 members (excludes halogenated alkanes) is 1. The Morgan fingerprint density at radius 1 is 1.16 bits per heavy atom. The summed E-state index contributed by atoms with van der Waals surface area (Å²) in [4.78, 5) is 50.5. The monoisotopic (exact) mass is 430 g/mol. The van der Waals surface area contributed by atoms with Gasteiger partial charge in [0.05, 0.1) is 25.7 Å². The minimum Gasteiger partial charge on any atom is -0.493 e. The fourth-order valence-corrected chi connectivity index (χ4v) is 3.60. The van der Waals surface area contributed by atoms with E-state index in [1.54, 1.807) is 18.2 Å². The molecular formula is C21H26N4O6. The van der Waals surface area contributed by atoms with E-state index in [2.05, 4.69) is 10.6 Å². The molecule has 0 saturated heterocycles. The zero-order valence-electron chi connectivity index (χ0n) is 18.0. The summed E-state index contributed by atoms with van der Waals surface area (Å²) in [5.41, 5.74) is -0.462. The summed E-state index contributed by atoms with van der Waals surface area (Å²) in [6, 6.07) is 4.89. The topological polar surface area (TPSA) is 121 Å². The number of nitrogens with one attached hydrogen (secondary N) is 2. The molecule has 0 radical (unpaired) electrons. The smallest absolute Gasteiger partial charge is 0.332 e. The number of ether oxygens (including phenoxy) is 2. The van der Waals surface area contributed by atoms with Gasteiger partial charge in [0.25, 0.3) is 5.56 Å². The van der Waals surface area contributed by atoms with Gasteiger partial charge in [-0.05, 0) is 18.6 Å². The van der Waals surface area contributed by atoms with Gasteiger partial charge < -0.3 is 20.1 Å². The van der Waals surface area contributed by atoms with Crippen LogP contribution in [-0.4, -0.2) is 35.2 Å². The van der Waals surface area contributed by atoms with E-state index in [0.717, 1.165) is 11.0 Å². The van der Waals surface area contributed by atoms with Crippen LogP contribution in [0.25, 0.3) is 0 Å². The van der Waals surface area contributed by atoms with Gasteiger partial charge in [-0.25, -0.2) is 4.79 Å². The average molecular weight is 430 g/mol. The molecule has 0 spiro atoms. The highest BCUT2D eigenvalue weighted by Crippen LogP contribution is 2.33. The van der Waals surface area contributed by atoms with Gasteiger partial charge >= 0.3 is 5.69 Å². The predicted molar refractivity (Wildman–Crippen MR) is 115 cm³/mol. The van der Waals surface area contributed by atoms with E-state index in [9.17, 15) is 19.2 Å². The van der Waals surface area contributed by atoms with Crippen LogP contribution in [-0.2, 0) is 23.2 Å². The Bertz CT molecular complexity index is 1130. The number of methoxy groups -OCH3 is 2. The highest BCUT2D eigenvalue weighted by molar-refractivity contribution is 6.05. The molecular weight excluding hydrogens is 404 g/mol. The van der Waals surface area contributed by atoms with Crippen molar-refractivity contribution in [2.45, 2.75) is 38.6 Å². The molecule has 31 heavy (non-hydrogen) atoms. The lowest BCUT2D eigenvalue weighted by Crippen LogP contribution is -2.40. The van der Waals surface area contributed by atoms with Gasteiger partial charge in [0.15, 0.2) is 11.5 Å². The Hall–Kier alpha value is -3.56. The number of benzene rings is 1. The SMILES string of the molecule is CCCCn1c2c(c(=O)n(C)c1=O)C(CC(=O)Nc1ccc(OC)c(OC)c1)C(=O)N2. The van der Waals surface area contributed by atoms with Gasteiger partial charge in [-0.3, -0.25) is 23.5 Å². The van der Waals surface area contributed by atoms with Crippen molar-refractivity contribution in [2.75, 3.05) is 24.9 Å². The van der Waals surface area contributed by atoms with E-state index in [1.807, 2.05) is 6.92 Å². The van der Waals surface area contributed by atoms with Crippen molar-refractivity contribution >= 4 is 23.3 Å². The van der Waals surface area contributed by atoms with Crippen molar-refractivity contribution in [3.63, 3.8) is 0 Å². The number of nitrogens with zero attached hydrogens (tertiary/aromatic N) is 2. The fourth-order valence-electron chi connectivity index (χ4n) is 3.60. The summed E-state index contributed by atoms with van der Waals surface area (Å²) in [6.45, 7) is 2.35. The van der Waals surface area contributed by atoms with Crippen molar-refractivity contribution < 1.29 is 19.1 Å². The predicted octanol–water partition coefficient (Wildman–Crippen LogP) is 1.43. The molecule has 3 rings (SSSR count). The molecule has 2 heterocycles. The molecule has 166 valence electrons. The van der Waals surface area contributed by atoms with Gasteiger partial charge in [-0.15, -0.1) is 0 Å². The van der Waals surface area contributed by atoms with Crippen LogP contribution in [0.3, 0.4) is 0 Å². The molecule has 10 nitrogen and oxygen atoms in total. The van der Waals surface area contributed by atoms with Gasteiger partial charge in [-0.1, -0.05) is 13.3 Å². The minimum absolute atomic E-state index is 0.144. The quantitative estimate of drug-likeness (QED) is 0.654. The first-order valence-corrected chi connectivity index (χ1v) is 9.98. The van der Waals surface area contributed by atoms with Crippen molar-refractivity contribution in [3.05, 3.63) is 44.6 Å². The summed E-state index contributed by atoms with van der Waals surface area (Å²) in [6.07, 6.45) is 1.31. The van der Waals surface area contributed by atoms with E-state index in [-0.39, 0.29) is 17.8 Å². The highest BCUT2D eigenvalue weighted by Gasteiger charge is 2.38. The van der Waals surface area contributed by atoms with Crippen LogP contribution in [0.4, 0.5) is 11.5 Å². The second kappa shape index (κ2) is 9.07. The Kier molecular flexibility index (Phi) is 6.47. The third-order valence-corrected chi connectivity index (χ3v) is 5.28. The minimum atomic E-state index is -0.984. The maximum Gasteiger partial charge on any atom is 0.332 e. The lowest BCUT2D eigenvalue weighted by Gasteiger charge is -2.14. The zero-order valence-corrected chi connectivity index (χ0v) is 18.0. The summed E-state index contributed by atoms with van der Waals surface area (Å²) in [5, 5.41) is 5.34. The van der Waals surface area contributed by atoms with Crippen molar-refractivity contribution in [3.8, 4) is 11.5 Å². The average Bonchev–Trinajstić information content (AvgIpc) is 3.07. The first kappa shape index (κ1) is 22.1. The fraction of sp³-hybridized carbons (Fsp3) is 0.429.